The Hall–Kier alpha value is -2.40. The minimum atomic E-state index is 0.0672. The van der Waals surface area contributed by atoms with E-state index >= 15 is 0 Å². The van der Waals surface area contributed by atoms with E-state index in [1.165, 1.54) is 36.8 Å². The van der Waals surface area contributed by atoms with Gasteiger partial charge in [-0.15, -0.1) is 0 Å². The number of fused-ring (bicyclic) bond motifs is 1. The molecule has 0 bridgehead atoms. The maximum atomic E-state index is 9.49. The van der Waals surface area contributed by atoms with Crippen LogP contribution in [0.4, 0.5) is 11.8 Å². The van der Waals surface area contributed by atoms with Crippen LogP contribution in [0.15, 0.2) is 24.3 Å². The SMILES string of the molecule is CNc1nc(C)c2c(n1)N(C1CCCC1)CC(c1cccc(CO)c1)=C2. The molecule has 0 radical (unpaired) electrons. The lowest BCUT2D eigenvalue weighted by molar-refractivity contribution is 0.282. The minimum Gasteiger partial charge on any atom is -0.392 e. The second-order valence-corrected chi connectivity index (χ2v) is 7.21. The molecule has 2 N–H and O–H groups in total. The number of hydrogen-bond donors (Lipinski definition) is 2. The molecule has 0 atom stereocenters. The first kappa shape index (κ1) is 17.0. The lowest BCUT2D eigenvalue weighted by Gasteiger charge is -2.36. The molecule has 136 valence electrons. The van der Waals surface area contributed by atoms with E-state index in [4.69, 9.17) is 4.98 Å². The van der Waals surface area contributed by atoms with Crippen molar-refractivity contribution in [3.05, 3.63) is 46.6 Å². The van der Waals surface area contributed by atoms with Crippen molar-refractivity contribution in [1.29, 1.82) is 0 Å². The van der Waals surface area contributed by atoms with Crippen molar-refractivity contribution in [3.8, 4) is 0 Å². The molecule has 4 rings (SSSR count). The Balaban J connectivity index is 1.82. The Morgan fingerprint density at radius 1 is 1.23 bits per heavy atom. The number of nitrogens with one attached hydrogen (secondary N) is 1. The van der Waals surface area contributed by atoms with Gasteiger partial charge < -0.3 is 15.3 Å². The summed E-state index contributed by atoms with van der Waals surface area (Å²) in [6, 6.07) is 8.73. The maximum absolute atomic E-state index is 9.49. The highest BCUT2D eigenvalue weighted by Gasteiger charge is 2.30. The van der Waals surface area contributed by atoms with Gasteiger partial charge in [-0.05, 0) is 48.6 Å². The summed E-state index contributed by atoms with van der Waals surface area (Å²) in [5.41, 5.74) is 5.50. The third kappa shape index (κ3) is 3.07. The molecule has 2 aliphatic rings. The van der Waals surface area contributed by atoms with Gasteiger partial charge in [0.2, 0.25) is 5.95 Å². The van der Waals surface area contributed by atoms with Gasteiger partial charge in [-0.25, -0.2) is 4.98 Å². The molecule has 1 fully saturated rings. The highest BCUT2D eigenvalue weighted by Crippen LogP contribution is 2.38. The fourth-order valence-electron chi connectivity index (χ4n) is 4.11. The first-order valence-corrected chi connectivity index (χ1v) is 9.43. The molecular weight excluding hydrogens is 324 g/mol. The molecular formula is C21H26N4O. The highest BCUT2D eigenvalue weighted by molar-refractivity contribution is 5.91. The molecule has 1 aromatic heterocycles. The average Bonchev–Trinajstić information content (AvgIpc) is 3.22. The zero-order valence-corrected chi connectivity index (χ0v) is 15.5. The number of anilines is 2. The summed E-state index contributed by atoms with van der Waals surface area (Å²) >= 11 is 0. The third-order valence-electron chi connectivity index (χ3n) is 5.52. The van der Waals surface area contributed by atoms with Crippen molar-refractivity contribution in [3.63, 3.8) is 0 Å². The van der Waals surface area contributed by atoms with Gasteiger partial charge in [0.05, 0.1) is 12.3 Å². The first-order valence-electron chi connectivity index (χ1n) is 9.43. The highest BCUT2D eigenvalue weighted by atomic mass is 16.3. The van der Waals surface area contributed by atoms with Crippen molar-refractivity contribution in [2.24, 2.45) is 0 Å². The summed E-state index contributed by atoms with van der Waals surface area (Å²) in [4.78, 5) is 11.9. The second-order valence-electron chi connectivity index (χ2n) is 7.21. The molecule has 1 aliphatic carbocycles. The van der Waals surface area contributed by atoms with Crippen molar-refractivity contribution >= 4 is 23.4 Å². The van der Waals surface area contributed by atoms with Crippen LogP contribution in [0.5, 0.6) is 0 Å². The molecule has 1 aromatic carbocycles. The van der Waals surface area contributed by atoms with E-state index in [1.54, 1.807) is 0 Å². The Bertz CT molecular complexity index is 840. The number of aliphatic hydroxyl groups excluding tert-OH is 1. The van der Waals surface area contributed by atoms with E-state index in [1.807, 2.05) is 19.2 Å². The molecule has 0 amide bonds. The first-order chi connectivity index (χ1) is 12.7. The summed E-state index contributed by atoms with van der Waals surface area (Å²) in [5, 5.41) is 12.6. The second kappa shape index (κ2) is 7.08. The van der Waals surface area contributed by atoms with Gasteiger partial charge >= 0.3 is 0 Å². The van der Waals surface area contributed by atoms with E-state index in [-0.39, 0.29) is 6.61 Å². The van der Waals surface area contributed by atoms with Crippen LogP contribution in [0.2, 0.25) is 0 Å². The van der Waals surface area contributed by atoms with E-state index in [0.717, 1.165) is 29.2 Å². The van der Waals surface area contributed by atoms with Gasteiger partial charge in [0.25, 0.3) is 0 Å². The summed E-state index contributed by atoms with van der Waals surface area (Å²) in [6.07, 6.45) is 7.26. The fourth-order valence-corrected chi connectivity index (χ4v) is 4.11. The number of aromatic nitrogens is 2. The molecule has 2 heterocycles. The smallest absolute Gasteiger partial charge is 0.224 e. The summed E-state index contributed by atoms with van der Waals surface area (Å²) in [5.74, 6) is 1.74. The van der Waals surface area contributed by atoms with E-state index < -0.39 is 0 Å². The summed E-state index contributed by atoms with van der Waals surface area (Å²) < 4.78 is 0. The van der Waals surface area contributed by atoms with E-state index in [9.17, 15) is 5.11 Å². The molecule has 26 heavy (non-hydrogen) atoms. The minimum absolute atomic E-state index is 0.0672. The molecule has 0 saturated heterocycles. The maximum Gasteiger partial charge on any atom is 0.224 e. The van der Waals surface area contributed by atoms with Gasteiger partial charge in [0, 0.05) is 25.2 Å². The lowest BCUT2D eigenvalue weighted by Crippen LogP contribution is -2.38. The largest absolute Gasteiger partial charge is 0.392 e. The van der Waals surface area contributed by atoms with Crippen molar-refractivity contribution in [2.75, 3.05) is 23.8 Å². The van der Waals surface area contributed by atoms with Crippen LogP contribution in [0.1, 0.15) is 48.1 Å². The van der Waals surface area contributed by atoms with Crippen molar-refractivity contribution in [2.45, 2.75) is 45.3 Å². The van der Waals surface area contributed by atoms with Crippen molar-refractivity contribution < 1.29 is 5.11 Å². The number of nitrogens with zero attached hydrogens (tertiary/aromatic N) is 3. The quantitative estimate of drug-likeness (QED) is 0.882. The number of aryl methyl sites for hydroxylation is 1. The topological polar surface area (TPSA) is 61.3 Å². The van der Waals surface area contributed by atoms with E-state index in [2.05, 4.69) is 40.3 Å². The molecule has 0 unspecified atom stereocenters. The molecule has 1 aliphatic heterocycles. The number of benzene rings is 1. The van der Waals surface area contributed by atoms with Crippen LogP contribution >= 0.6 is 0 Å². The van der Waals surface area contributed by atoms with Gasteiger partial charge in [0.1, 0.15) is 5.82 Å². The Labute approximate surface area is 154 Å². The molecule has 1 saturated carbocycles. The standard InChI is InChI=1S/C21H26N4O/c1-14-19-11-17(16-7-5-6-15(10-16)13-26)12-25(18-8-3-4-9-18)20(19)24-21(22-2)23-14/h5-7,10-11,18,26H,3-4,8-9,12-13H2,1-2H3,(H,22,23,24). The summed E-state index contributed by atoms with van der Waals surface area (Å²) in [6.45, 7) is 2.97. The fraction of sp³-hybridized carbons (Fsp3) is 0.429. The Morgan fingerprint density at radius 3 is 2.77 bits per heavy atom. The predicted octanol–water partition coefficient (Wildman–Crippen LogP) is 3.62. The van der Waals surface area contributed by atoms with Crippen LogP contribution in [0, 0.1) is 6.92 Å². The monoisotopic (exact) mass is 350 g/mol. The Morgan fingerprint density at radius 2 is 2.04 bits per heavy atom. The normalized spacial score (nSPS) is 17.2. The molecule has 5 nitrogen and oxygen atoms in total. The average molecular weight is 350 g/mol. The number of rotatable bonds is 4. The van der Waals surface area contributed by atoms with Crippen molar-refractivity contribution in [1.82, 2.24) is 9.97 Å². The Kier molecular flexibility index (Phi) is 4.64. The van der Waals surface area contributed by atoms with Crippen LogP contribution in [0.25, 0.3) is 11.6 Å². The predicted molar refractivity (Wildman–Crippen MR) is 106 cm³/mol. The van der Waals surface area contributed by atoms with Gasteiger partial charge in [-0.2, -0.15) is 4.98 Å². The van der Waals surface area contributed by atoms with Gasteiger partial charge in [-0.3, -0.25) is 0 Å². The number of hydrogen-bond acceptors (Lipinski definition) is 5. The zero-order valence-electron chi connectivity index (χ0n) is 15.5. The summed E-state index contributed by atoms with van der Waals surface area (Å²) in [7, 11) is 1.87. The van der Waals surface area contributed by atoms with Crippen LogP contribution < -0.4 is 10.2 Å². The lowest BCUT2D eigenvalue weighted by atomic mass is 9.95. The van der Waals surface area contributed by atoms with Gasteiger partial charge in [0.15, 0.2) is 0 Å². The molecule has 5 heteroatoms. The number of aliphatic hydroxyl groups is 1. The van der Waals surface area contributed by atoms with Crippen LogP contribution in [-0.2, 0) is 6.61 Å². The third-order valence-corrected chi connectivity index (χ3v) is 5.52. The zero-order chi connectivity index (χ0) is 18.1. The van der Waals surface area contributed by atoms with Crippen LogP contribution in [-0.4, -0.2) is 34.7 Å². The molecule has 2 aromatic rings. The van der Waals surface area contributed by atoms with Crippen LogP contribution in [0.3, 0.4) is 0 Å². The van der Waals surface area contributed by atoms with E-state index in [0.29, 0.717) is 12.0 Å². The molecule has 0 spiro atoms. The van der Waals surface area contributed by atoms with Gasteiger partial charge in [-0.1, -0.05) is 31.0 Å².